The number of hydrogen-bond acceptors (Lipinski definition) is 6. The third kappa shape index (κ3) is 4.75. The number of aryl methyl sites for hydroxylation is 1. The summed E-state index contributed by atoms with van der Waals surface area (Å²) in [5.41, 5.74) is -0.358. The summed E-state index contributed by atoms with van der Waals surface area (Å²) < 4.78 is 5.13. The van der Waals surface area contributed by atoms with Gasteiger partial charge in [-0.3, -0.25) is 0 Å². The number of alkyl carbamates (subject to hydrolysis) is 1. The summed E-state index contributed by atoms with van der Waals surface area (Å²) in [7, 11) is 0. The Morgan fingerprint density at radius 3 is 2.54 bits per heavy atom. The van der Waals surface area contributed by atoms with E-state index in [0.29, 0.717) is 24.9 Å². The Bertz CT molecular complexity index is 842. The largest absolute Gasteiger partial charge is 0.507 e. The van der Waals surface area contributed by atoms with E-state index in [1.54, 1.807) is 32.9 Å². The van der Waals surface area contributed by atoms with Crippen molar-refractivity contribution >= 4 is 23.0 Å². The SMILES string of the molecule is CC(C)(C)OC(=O)NCCCc1ccc2c(O)cc(C(=O)O)nc2c1O. The van der Waals surface area contributed by atoms with Crippen LogP contribution in [0.15, 0.2) is 18.2 Å². The molecule has 8 nitrogen and oxygen atoms in total. The summed E-state index contributed by atoms with van der Waals surface area (Å²) >= 11 is 0. The molecule has 1 heterocycles. The van der Waals surface area contributed by atoms with Crippen LogP contribution in [0.1, 0.15) is 43.2 Å². The summed E-state index contributed by atoms with van der Waals surface area (Å²) in [6.07, 6.45) is 0.443. The quantitative estimate of drug-likeness (QED) is 0.602. The number of phenols is 1. The molecule has 4 N–H and O–H groups in total. The van der Waals surface area contributed by atoms with Gasteiger partial charge in [-0.05, 0) is 45.2 Å². The average Bonchev–Trinajstić information content (AvgIpc) is 2.51. The number of amides is 1. The van der Waals surface area contributed by atoms with Gasteiger partial charge in [-0.25, -0.2) is 14.6 Å². The van der Waals surface area contributed by atoms with E-state index in [1.807, 2.05) is 0 Å². The van der Waals surface area contributed by atoms with Crippen LogP contribution >= 0.6 is 0 Å². The van der Waals surface area contributed by atoms with Gasteiger partial charge >= 0.3 is 12.1 Å². The zero-order valence-corrected chi connectivity index (χ0v) is 14.9. The summed E-state index contributed by atoms with van der Waals surface area (Å²) in [5, 5.41) is 32.2. The molecule has 0 fully saturated rings. The van der Waals surface area contributed by atoms with Gasteiger partial charge in [-0.1, -0.05) is 6.07 Å². The van der Waals surface area contributed by atoms with Gasteiger partial charge in [0, 0.05) is 18.0 Å². The second-order valence-electron chi connectivity index (χ2n) is 6.83. The van der Waals surface area contributed by atoms with E-state index in [1.165, 1.54) is 0 Å². The van der Waals surface area contributed by atoms with Gasteiger partial charge in [0.2, 0.25) is 0 Å². The lowest BCUT2D eigenvalue weighted by Gasteiger charge is -2.19. The van der Waals surface area contributed by atoms with Crippen molar-refractivity contribution in [3.63, 3.8) is 0 Å². The molecule has 0 aliphatic rings. The first-order chi connectivity index (χ1) is 12.1. The monoisotopic (exact) mass is 362 g/mol. The predicted molar refractivity (Wildman–Crippen MR) is 94.6 cm³/mol. The molecular weight excluding hydrogens is 340 g/mol. The molecule has 2 aromatic rings. The van der Waals surface area contributed by atoms with E-state index in [4.69, 9.17) is 9.84 Å². The minimum atomic E-state index is -1.30. The van der Waals surface area contributed by atoms with Crippen LogP contribution in [0.25, 0.3) is 10.9 Å². The maximum absolute atomic E-state index is 11.6. The number of aromatic hydroxyl groups is 2. The molecule has 1 aromatic carbocycles. The molecule has 1 amide bonds. The number of pyridine rings is 1. The number of rotatable bonds is 5. The maximum atomic E-state index is 11.6. The Kier molecular flexibility index (Phi) is 5.54. The number of aromatic nitrogens is 1. The van der Waals surface area contributed by atoms with Gasteiger partial charge in [-0.15, -0.1) is 0 Å². The fraction of sp³-hybridized carbons (Fsp3) is 0.389. The number of carbonyl (C=O) groups is 2. The van der Waals surface area contributed by atoms with Gasteiger partial charge < -0.3 is 25.4 Å². The smallest absolute Gasteiger partial charge is 0.407 e. The molecule has 8 heteroatoms. The maximum Gasteiger partial charge on any atom is 0.407 e. The number of phenolic OH excluding ortho intramolecular Hbond substituents is 1. The van der Waals surface area contributed by atoms with Gasteiger partial charge in [0.25, 0.3) is 0 Å². The molecule has 0 saturated heterocycles. The van der Waals surface area contributed by atoms with Crippen LogP contribution in [0.3, 0.4) is 0 Å². The zero-order chi connectivity index (χ0) is 19.5. The Morgan fingerprint density at radius 2 is 1.92 bits per heavy atom. The van der Waals surface area contributed by atoms with Crippen LogP contribution < -0.4 is 5.32 Å². The van der Waals surface area contributed by atoms with E-state index in [2.05, 4.69) is 10.3 Å². The molecule has 2 rings (SSSR count). The number of ether oxygens (including phenoxy) is 1. The van der Waals surface area contributed by atoms with Crippen molar-refractivity contribution in [1.29, 1.82) is 0 Å². The highest BCUT2D eigenvalue weighted by atomic mass is 16.6. The van der Waals surface area contributed by atoms with Crippen molar-refractivity contribution in [3.05, 3.63) is 29.5 Å². The van der Waals surface area contributed by atoms with Gasteiger partial charge in [0.05, 0.1) is 0 Å². The highest BCUT2D eigenvalue weighted by Crippen LogP contribution is 2.33. The van der Waals surface area contributed by atoms with E-state index >= 15 is 0 Å². The van der Waals surface area contributed by atoms with Crippen LogP contribution in [0.4, 0.5) is 4.79 Å². The van der Waals surface area contributed by atoms with Crippen LogP contribution in [-0.2, 0) is 11.2 Å². The van der Waals surface area contributed by atoms with Crippen molar-refractivity contribution in [3.8, 4) is 11.5 Å². The lowest BCUT2D eigenvalue weighted by molar-refractivity contribution is 0.0526. The fourth-order valence-corrected chi connectivity index (χ4v) is 2.40. The van der Waals surface area contributed by atoms with Gasteiger partial charge in [-0.2, -0.15) is 0 Å². The minimum Gasteiger partial charge on any atom is -0.507 e. The van der Waals surface area contributed by atoms with Crippen molar-refractivity contribution in [2.45, 2.75) is 39.2 Å². The molecule has 0 radical (unpaired) electrons. The van der Waals surface area contributed by atoms with E-state index in [9.17, 15) is 19.8 Å². The number of nitrogens with zero attached hydrogens (tertiary/aromatic N) is 1. The predicted octanol–water partition coefficient (Wildman–Crippen LogP) is 2.80. The second-order valence-corrected chi connectivity index (χ2v) is 6.83. The third-order valence-corrected chi connectivity index (χ3v) is 3.53. The first-order valence-corrected chi connectivity index (χ1v) is 8.13. The molecule has 0 atom stereocenters. The first kappa shape index (κ1) is 19.3. The molecule has 140 valence electrons. The Hall–Kier alpha value is -3.03. The van der Waals surface area contributed by atoms with Crippen LogP contribution in [-0.4, -0.2) is 44.5 Å². The molecular formula is C18H22N2O6. The fourth-order valence-electron chi connectivity index (χ4n) is 2.40. The van der Waals surface area contributed by atoms with E-state index in [-0.39, 0.29) is 28.1 Å². The lowest BCUT2D eigenvalue weighted by atomic mass is 10.0. The molecule has 26 heavy (non-hydrogen) atoms. The van der Waals surface area contributed by atoms with Crippen LogP contribution in [0.5, 0.6) is 11.5 Å². The first-order valence-electron chi connectivity index (χ1n) is 8.13. The highest BCUT2D eigenvalue weighted by molar-refractivity contribution is 5.95. The van der Waals surface area contributed by atoms with Gasteiger partial charge in [0.15, 0.2) is 5.69 Å². The van der Waals surface area contributed by atoms with E-state index < -0.39 is 17.7 Å². The minimum absolute atomic E-state index is 0.0278. The highest BCUT2D eigenvalue weighted by Gasteiger charge is 2.17. The summed E-state index contributed by atoms with van der Waals surface area (Å²) in [6, 6.07) is 4.24. The molecule has 0 aliphatic heterocycles. The normalized spacial score (nSPS) is 11.3. The number of fused-ring (bicyclic) bond motifs is 1. The summed E-state index contributed by atoms with van der Waals surface area (Å²) in [6.45, 7) is 5.66. The molecule has 1 aromatic heterocycles. The number of hydrogen-bond donors (Lipinski definition) is 4. The zero-order valence-electron chi connectivity index (χ0n) is 14.9. The number of carboxylic acids is 1. The van der Waals surface area contributed by atoms with E-state index in [0.717, 1.165) is 6.07 Å². The molecule has 0 bridgehead atoms. The number of benzene rings is 1. The third-order valence-electron chi connectivity index (χ3n) is 3.53. The lowest BCUT2D eigenvalue weighted by Crippen LogP contribution is -2.33. The Labute approximate surface area is 150 Å². The second kappa shape index (κ2) is 7.47. The topological polar surface area (TPSA) is 129 Å². The standard InChI is InChI=1S/C18H22N2O6/c1-18(2,3)26-17(25)19-8-4-5-10-6-7-11-13(21)9-12(16(23)24)20-14(11)15(10)22/h6-7,9,22H,4-5,8H2,1-3H3,(H,19,25)(H,20,21)(H,23,24). The average molecular weight is 362 g/mol. The molecule has 0 spiro atoms. The summed E-state index contributed by atoms with van der Waals surface area (Å²) in [4.78, 5) is 26.5. The van der Waals surface area contributed by atoms with Crippen molar-refractivity contribution in [2.24, 2.45) is 0 Å². The number of nitrogens with one attached hydrogen (secondary N) is 1. The van der Waals surface area contributed by atoms with Crippen molar-refractivity contribution < 1.29 is 29.6 Å². The van der Waals surface area contributed by atoms with Crippen molar-refractivity contribution in [1.82, 2.24) is 10.3 Å². The number of carboxylic acid groups (broad SMARTS) is 1. The number of aromatic carboxylic acids is 1. The Balaban J connectivity index is 2.07. The Morgan fingerprint density at radius 1 is 1.23 bits per heavy atom. The molecule has 0 aliphatic carbocycles. The molecule has 0 unspecified atom stereocenters. The summed E-state index contributed by atoms with van der Waals surface area (Å²) in [5.74, 6) is -1.74. The van der Waals surface area contributed by atoms with Crippen LogP contribution in [0, 0.1) is 0 Å². The molecule has 0 saturated carbocycles. The number of carbonyl (C=O) groups excluding carboxylic acids is 1. The van der Waals surface area contributed by atoms with Gasteiger partial charge in [0.1, 0.15) is 22.6 Å². The van der Waals surface area contributed by atoms with Crippen molar-refractivity contribution in [2.75, 3.05) is 6.54 Å². The van der Waals surface area contributed by atoms with Crippen LogP contribution in [0.2, 0.25) is 0 Å².